The lowest BCUT2D eigenvalue weighted by atomic mass is 10.0. The number of nitrogens with zero attached hydrogens (tertiary/aromatic N) is 2. The van der Waals surface area contributed by atoms with Gasteiger partial charge in [0.25, 0.3) is 0 Å². The first-order valence-electron chi connectivity index (χ1n) is 9.73. The van der Waals surface area contributed by atoms with Crippen LogP contribution in [-0.4, -0.2) is 16.0 Å². The molecule has 0 aliphatic carbocycles. The zero-order valence-electron chi connectivity index (χ0n) is 17.3. The van der Waals surface area contributed by atoms with Gasteiger partial charge in [0.2, 0.25) is 5.88 Å². The summed E-state index contributed by atoms with van der Waals surface area (Å²) in [5.74, 6) is 1.81. The summed E-state index contributed by atoms with van der Waals surface area (Å²) >= 11 is 0. The number of benzene rings is 2. The molecule has 0 aliphatic heterocycles. The summed E-state index contributed by atoms with van der Waals surface area (Å²) in [5, 5.41) is 9.74. The van der Waals surface area contributed by atoms with E-state index in [1.165, 1.54) is 5.56 Å². The number of hydrogen-bond acceptors (Lipinski definition) is 4. The molecule has 0 saturated heterocycles. The summed E-state index contributed by atoms with van der Waals surface area (Å²) in [5.41, 5.74) is 7.06. The molecule has 1 heterocycles. The lowest BCUT2D eigenvalue weighted by molar-refractivity contribution is 0.234. The van der Waals surface area contributed by atoms with Crippen LogP contribution in [0.1, 0.15) is 47.7 Å². The van der Waals surface area contributed by atoms with E-state index in [0.717, 1.165) is 16.8 Å². The van der Waals surface area contributed by atoms with E-state index in [-0.39, 0.29) is 0 Å². The quantitative estimate of drug-likeness (QED) is 0.330. The average molecular weight is 389 g/mol. The molecule has 3 rings (SSSR count). The van der Waals surface area contributed by atoms with Crippen LogP contribution in [0.25, 0.3) is 0 Å². The minimum absolute atomic E-state index is 0.316. The third-order valence-corrected chi connectivity index (χ3v) is 4.77. The number of rotatable bonds is 6. The van der Waals surface area contributed by atoms with Gasteiger partial charge in [-0.1, -0.05) is 50.2 Å². The van der Waals surface area contributed by atoms with Crippen LogP contribution in [0, 0.1) is 13.8 Å². The van der Waals surface area contributed by atoms with Crippen molar-refractivity contribution in [3.63, 3.8) is 0 Å². The molecule has 2 N–H and O–H groups in total. The fraction of sp³-hybridized carbons (Fsp3) is 0.250. The maximum absolute atomic E-state index is 9.74. The Morgan fingerprint density at radius 1 is 1.07 bits per heavy atom. The van der Waals surface area contributed by atoms with E-state index in [9.17, 15) is 5.21 Å². The van der Waals surface area contributed by atoms with Crippen LogP contribution >= 0.6 is 0 Å². The molecule has 0 saturated carbocycles. The molecule has 0 fully saturated rings. The van der Waals surface area contributed by atoms with Crippen molar-refractivity contribution in [3.8, 4) is 11.6 Å². The van der Waals surface area contributed by atoms with E-state index in [0.29, 0.717) is 35.5 Å². The Hall–Kier alpha value is -3.18. The minimum Gasteiger partial charge on any atom is -0.438 e. The molecule has 0 spiro atoms. The molecule has 1 aromatic heterocycles. The lowest BCUT2D eigenvalue weighted by Crippen LogP contribution is -2.22. The molecule has 0 aliphatic rings. The highest BCUT2D eigenvalue weighted by molar-refractivity contribution is 6.00. The van der Waals surface area contributed by atoms with E-state index < -0.39 is 0 Å². The molecule has 5 heteroatoms. The first kappa shape index (κ1) is 20.6. The van der Waals surface area contributed by atoms with Gasteiger partial charge in [0, 0.05) is 5.69 Å². The highest BCUT2D eigenvalue weighted by Gasteiger charge is 2.14. The zero-order valence-corrected chi connectivity index (χ0v) is 17.3. The van der Waals surface area contributed by atoms with Gasteiger partial charge in [-0.05, 0) is 60.7 Å². The van der Waals surface area contributed by atoms with Gasteiger partial charge in [-0.15, -0.1) is 0 Å². The van der Waals surface area contributed by atoms with E-state index >= 15 is 0 Å². The Morgan fingerprint density at radius 3 is 2.59 bits per heavy atom. The van der Waals surface area contributed by atoms with Gasteiger partial charge in [0.15, 0.2) is 5.84 Å². The fourth-order valence-corrected chi connectivity index (χ4v) is 2.97. The predicted molar refractivity (Wildman–Crippen MR) is 116 cm³/mol. The number of ether oxygens (including phenoxy) is 1. The largest absolute Gasteiger partial charge is 0.438 e. The second-order valence-electron chi connectivity index (χ2n) is 7.34. The monoisotopic (exact) mass is 389 g/mol. The maximum Gasteiger partial charge on any atom is 0.230 e. The Balaban J connectivity index is 1.93. The van der Waals surface area contributed by atoms with Crippen LogP contribution in [0.2, 0.25) is 0 Å². The number of aromatic nitrogens is 1. The Bertz CT molecular complexity index is 1010. The summed E-state index contributed by atoms with van der Waals surface area (Å²) in [7, 11) is 0. The molecule has 29 heavy (non-hydrogen) atoms. The predicted octanol–water partition coefficient (Wildman–Crippen LogP) is 5.54. The molecule has 0 atom stereocenters. The molecule has 0 radical (unpaired) electrons. The number of hydroxylamine groups is 1. The SMILES string of the molecule is Cc1ccc(C(=NCc2ccccc2C)NO)c(Oc2cccc(C(C)C)c2)n1. The summed E-state index contributed by atoms with van der Waals surface area (Å²) in [6.45, 7) is 8.66. The number of hydrogen-bond donors (Lipinski definition) is 2. The lowest BCUT2D eigenvalue weighted by Gasteiger charge is -2.14. The first-order chi connectivity index (χ1) is 14.0. The normalized spacial score (nSPS) is 11.6. The highest BCUT2D eigenvalue weighted by atomic mass is 16.5. The van der Waals surface area contributed by atoms with Crippen LogP contribution in [-0.2, 0) is 6.54 Å². The Labute approximate surface area is 172 Å². The molecule has 0 unspecified atom stereocenters. The number of amidine groups is 1. The topological polar surface area (TPSA) is 66.7 Å². The highest BCUT2D eigenvalue weighted by Crippen LogP contribution is 2.27. The van der Waals surface area contributed by atoms with E-state index in [4.69, 9.17) is 4.74 Å². The van der Waals surface area contributed by atoms with Crippen LogP contribution in [0.15, 0.2) is 65.7 Å². The van der Waals surface area contributed by atoms with E-state index in [1.807, 2.05) is 68.4 Å². The van der Waals surface area contributed by atoms with Crippen molar-refractivity contribution in [1.29, 1.82) is 0 Å². The van der Waals surface area contributed by atoms with Crippen LogP contribution in [0.5, 0.6) is 11.6 Å². The molecule has 0 bridgehead atoms. The summed E-state index contributed by atoms with van der Waals surface area (Å²) in [6.07, 6.45) is 0. The number of aliphatic imine (C=N–C) groups is 1. The van der Waals surface area contributed by atoms with Crippen LogP contribution < -0.4 is 10.2 Å². The van der Waals surface area contributed by atoms with Crippen LogP contribution in [0.3, 0.4) is 0 Å². The van der Waals surface area contributed by atoms with Gasteiger partial charge in [-0.3, -0.25) is 15.7 Å². The molecule has 0 amide bonds. The van der Waals surface area contributed by atoms with Crippen molar-refractivity contribution < 1.29 is 9.94 Å². The van der Waals surface area contributed by atoms with Crippen molar-refractivity contribution in [2.45, 2.75) is 40.2 Å². The molecular weight excluding hydrogens is 362 g/mol. The van der Waals surface area contributed by atoms with Gasteiger partial charge in [-0.2, -0.15) is 0 Å². The van der Waals surface area contributed by atoms with E-state index in [2.05, 4.69) is 35.4 Å². The van der Waals surface area contributed by atoms with Crippen molar-refractivity contribution in [1.82, 2.24) is 10.5 Å². The third-order valence-electron chi connectivity index (χ3n) is 4.77. The molecule has 2 aromatic carbocycles. The molecular formula is C24H27N3O2. The summed E-state index contributed by atoms with van der Waals surface area (Å²) in [4.78, 5) is 9.09. The van der Waals surface area contributed by atoms with Gasteiger partial charge in [0.05, 0.1) is 12.1 Å². The Kier molecular flexibility index (Phi) is 6.62. The standard InChI is InChI=1S/C24H27N3O2/c1-16(2)19-10-7-11-21(14-19)29-24-22(13-12-18(4)26-24)23(27-28)25-15-20-9-6-5-8-17(20)3/h5-14,16,28H,15H2,1-4H3,(H,25,27). The number of nitrogens with one attached hydrogen (secondary N) is 1. The van der Waals surface area contributed by atoms with Gasteiger partial charge < -0.3 is 4.74 Å². The summed E-state index contributed by atoms with van der Waals surface area (Å²) < 4.78 is 6.10. The van der Waals surface area contributed by atoms with Gasteiger partial charge >= 0.3 is 0 Å². The second kappa shape index (κ2) is 9.34. The van der Waals surface area contributed by atoms with Crippen molar-refractivity contribution >= 4 is 5.84 Å². The zero-order chi connectivity index (χ0) is 20.8. The van der Waals surface area contributed by atoms with Crippen molar-refractivity contribution in [2.75, 3.05) is 0 Å². The third kappa shape index (κ3) is 5.21. The molecule has 5 nitrogen and oxygen atoms in total. The molecule has 150 valence electrons. The van der Waals surface area contributed by atoms with Gasteiger partial charge in [0.1, 0.15) is 5.75 Å². The Morgan fingerprint density at radius 2 is 1.86 bits per heavy atom. The average Bonchev–Trinajstić information content (AvgIpc) is 2.71. The van der Waals surface area contributed by atoms with Crippen molar-refractivity contribution in [3.05, 3.63) is 88.6 Å². The number of aryl methyl sites for hydroxylation is 2. The fourth-order valence-electron chi connectivity index (χ4n) is 2.97. The van der Waals surface area contributed by atoms with Gasteiger partial charge in [-0.25, -0.2) is 4.98 Å². The molecule has 3 aromatic rings. The summed E-state index contributed by atoms with van der Waals surface area (Å²) in [6, 6.07) is 19.7. The first-order valence-corrected chi connectivity index (χ1v) is 9.73. The smallest absolute Gasteiger partial charge is 0.230 e. The maximum atomic E-state index is 9.74. The van der Waals surface area contributed by atoms with Crippen molar-refractivity contribution in [2.24, 2.45) is 4.99 Å². The second-order valence-corrected chi connectivity index (χ2v) is 7.34. The minimum atomic E-state index is 0.316. The van der Waals surface area contributed by atoms with E-state index in [1.54, 1.807) is 0 Å². The van der Waals surface area contributed by atoms with Crippen LogP contribution in [0.4, 0.5) is 0 Å². The number of pyridine rings is 1.